The summed E-state index contributed by atoms with van der Waals surface area (Å²) in [7, 11) is 3.88. The smallest absolute Gasteiger partial charge is 0.335 e. The van der Waals surface area contributed by atoms with Crippen molar-refractivity contribution in [2.75, 3.05) is 14.1 Å². The van der Waals surface area contributed by atoms with Gasteiger partial charge < -0.3 is 10.0 Å². The van der Waals surface area contributed by atoms with Gasteiger partial charge in [-0.25, -0.2) is 4.79 Å². The van der Waals surface area contributed by atoms with E-state index >= 15 is 0 Å². The van der Waals surface area contributed by atoms with Crippen molar-refractivity contribution in [2.45, 2.75) is 0 Å². The maximum Gasteiger partial charge on any atom is 0.335 e. The first-order chi connectivity index (χ1) is 6.57. The summed E-state index contributed by atoms with van der Waals surface area (Å²) in [4.78, 5) is 12.1. The summed E-state index contributed by atoms with van der Waals surface area (Å²) in [5.74, 6) is -0.879. The molecule has 3 heteroatoms. The number of rotatable bonds is 2. The molecule has 0 aromatic heterocycles. The van der Waals surface area contributed by atoms with Gasteiger partial charge in [0.1, 0.15) is 0 Å². The van der Waals surface area contributed by atoms with E-state index in [1.165, 1.54) is 0 Å². The fraction of sp³-hybridized carbons (Fsp3) is 0.182. The molecule has 1 aromatic rings. The van der Waals surface area contributed by atoms with Crippen LogP contribution in [-0.2, 0) is 0 Å². The number of nitrogens with zero attached hydrogens (tertiary/aromatic N) is 1. The standard InChI is InChI=1S/C7H6O2.C4H9N/c8-7(9)6-4-2-1-3-5-6;1-4-5(2)3/h1-5H,(H,8,9);4H,1H2,2-3H3. The van der Waals surface area contributed by atoms with E-state index in [2.05, 4.69) is 6.58 Å². The van der Waals surface area contributed by atoms with Crippen molar-refractivity contribution in [1.82, 2.24) is 4.90 Å². The molecule has 0 heterocycles. The average molecular weight is 193 g/mol. The first kappa shape index (κ1) is 12.2. The van der Waals surface area contributed by atoms with E-state index in [4.69, 9.17) is 5.11 Å². The number of carboxylic acid groups (broad SMARTS) is 1. The Bertz CT molecular complexity index is 281. The summed E-state index contributed by atoms with van der Waals surface area (Å²) in [6.45, 7) is 3.49. The SMILES string of the molecule is C=CN(C)C.O=C(O)c1ccccc1. The number of hydrogen-bond donors (Lipinski definition) is 1. The van der Waals surface area contributed by atoms with Gasteiger partial charge in [0, 0.05) is 14.1 Å². The second-order valence-corrected chi connectivity index (χ2v) is 2.82. The molecule has 0 amide bonds. The van der Waals surface area contributed by atoms with Crippen LogP contribution in [-0.4, -0.2) is 30.1 Å². The normalized spacial score (nSPS) is 8.14. The minimum atomic E-state index is -0.879. The summed E-state index contributed by atoms with van der Waals surface area (Å²) in [6.07, 6.45) is 1.75. The van der Waals surface area contributed by atoms with Crippen LogP contribution >= 0.6 is 0 Å². The van der Waals surface area contributed by atoms with E-state index in [0.29, 0.717) is 5.56 Å². The molecular weight excluding hydrogens is 178 g/mol. The maximum atomic E-state index is 10.2. The molecule has 0 aliphatic rings. The zero-order chi connectivity index (χ0) is 11.0. The highest BCUT2D eigenvalue weighted by Gasteiger charge is 1.96. The first-order valence-corrected chi connectivity index (χ1v) is 4.15. The van der Waals surface area contributed by atoms with Crippen LogP contribution in [0.4, 0.5) is 0 Å². The Hall–Kier alpha value is -1.77. The molecule has 14 heavy (non-hydrogen) atoms. The predicted octanol–water partition coefficient (Wildman–Crippen LogP) is 2.08. The third kappa shape index (κ3) is 5.83. The van der Waals surface area contributed by atoms with Gasteiger partial charge in [-0.15, -0.1) is 0 Å². The molecule has 0 atom stereocenters. The summed E-state index contributed by atoms with van der Waals surface area (Å²) in [6, 6.07) is 8.30. The Morgan fingerprint density at radius 1 is 1.36 bits per heavy atom. The fourth-order valence-electron chi connectivity index (χ4n) is 0.581. The first-order valence-electron chi connectivity index (χ1n) is 4.15. The zero-order valence-corrected chi connectivity index (χ0v) is 8.47. The van der Waals surface area contributed by atoms with Crippen molar-refractivity contribution < 1.29 is 9.90 Å². The zero-order valence-electron chi connectivity index (χ0n) is 8.47. The van der Waals surface area contributed by atoms with E-state index in [9.17, 15) is 4.79 Å². The Kier molecular flexibility index (Phi) is 5.87. The van der Waals surface area contributed by atoms with Crippen LogP contribution in [0.2, 0.25) is 0 Å². The Balaban J connectivity index is 0.000000292. The van der Waals surface area contributed by atoms with Gasteiger partial charge in [-0.05, 0) is 18.3 Å². The predicted molar refractivity (Wildman–Crippen MR) is 57.3 cm³/mol. The molecule has 0 fully saturated rings. The molecule has 1 rings (SSSR count). The van der Waals surface area contributed by atoms with Gasteiger partial charge in [0.15, 0.2) is 0 Å². The maximum absolute atomic E-state index is 10.2. The molecule has 3 nitrogen and oxygen atoms in total. The van der Waals surface area contributed by atoms with Gasteiger partial charge in [0.2, 0.25) is 0 Å². The van der Waals surface area contributed by atoms with E-state index in [-0.39, 0.29) is 0 Å². The second kappa shape index (κ2) is 6.71. The Labute approximate surface area is 84.3 Å². The van der Waals surface area contributed by atoms with Crippen molar-refractivity contribution in [3.8, 4) is 0 Å². The summed E-state index contributed by atoms with van der Waals surface area (Å²) in [5.41, 5.74) is 0.331. The number of aromatic carboxylic acids is 1. The molecule has 76 valence electrons. The molecule has 0 unspecified atom stereocenters. The Morgan fingerprint density at radius 3 is 2.00 bits per heavy atom. The molecule has 1 aromatic carbocycles. The highest BCUT2D eigenvalue weighted by Crippen LogP contribution is 1.96. The fourth-order valence-corrected chi connectivity index (χ4v) is 0.581. The largest absolute Gasteiger partial charge is 0.478 e. The molecule has 0 saturated carbocycles. The van der Waals surface area contributed by atoms with Crippen LogP contribution < -0.4 is 0 Å². The summed E-state index contributed by atoms with van der Waals surface area (Å²) < 4.78 is 0. The van der Waals surface area contributed by atoms with Crippen molar-refractivity contribution in [3.05, 3.63) is 48.7 Å². The van der Waals surface area contributed by atoms with Crippen LogP contribution in [0.15, 0.2) is 43.1 Å². The van der Waals surface area contributed by atoms with E-state index < -0.39 is 5.97 Å². The van der Waals surface area contributed by atoms with Gasteiger partial charge in [-0.2, -0.15) is 0 Å². The molecular formula is C11H15NO2. The Morgan fingerprint density at radius 2 is 1.79 bits per heavy atom. The molecule has 0 aliphatic carbocycles. The highest BCUT2D eigenvalue weighted by molar-refractivity contribution is 5.87. The third-order valence-corrected chi connectivity index (χ3v) is 1.39. The quantitative estimate of drug-likeness (QED) is 0.781. The second-order valence-electron chi connectivity index (χ2n) is 2.82. The molecule has 0 saturated heterocycles. The third-order valence-electron chi connectivity index (χ3n) is 1.39. The summed E-state index contributed by atoms with van der Waals surface area (Å²) >= 11 is 0. The minimum absolute atomic E-state index is 0.331. The van der Waals surface area contributed by atoms with E-state index in [1.807, 2.05) is 19.0 Å². The molecule has 0 bridgehead atoms. The molecule has 0 radical (unpaired) electrons. The van der Waals surface area contributed by atoms with Crippen molar-refractivity contribution >= 4 is 5.97 Å². The van der Waals surface area contributed by atoms with Gasteiger partial charge >= 0.3 is 5.97 Å². The lowest BCUT2D eigenvalue weighted by Crippen LogP contribution is -1.97. The summed E-state index contributed by atoms with van der Waals surface area (Å²) in [5, 5.41) is 8.38. The number of carbonyl (C=O) groups is 1. The lowest BCUT2D eigenvalue weighted by molar-refractivity contribution is 0.0697. The van der Waals surface area contributed by atoms with Gasteiger partial charge in [-0.1, -0.05) is 24.8 Å². The lowest BCUT2D eigenvalue weighted by atomic mass is 10.2. The molecule has 0 spiro atoms. The van der Waals surface area contributed by atoms with Crippen LogP contribution in [0.3, 0.4) is 0 Å². The van der Waals surface area contributed by atoms with E-state index in [0.717, 1.165) is 0 Å². The van der Waals surface area contributed by atoms with Crippen LogP contribution in [0.1, 0.15) is 10.4 Å². The van der Waals surface area contributed by atoms with Crippen molar-refractivity contribution in [2.24, 2.45) is 0 Å². The molecule has 0 aliphatic heterocycles. The van der Waals surface area contributed by atoms with Crippen LogP contribution in [0, 0.1) is 0 Å². The van der Waals surface area contributed by atoms with Crippen LogP contribution in [0.5, 0.6) is 0 Å². The molecule has 1 N–H and O–H groups in total. The van der Waals surface area contributed by atoms with Gasteiger partial charge in [0.05, 0.1) is 5.56 Å². The monoisotopic (exact) mass is 193 g/mol. The minimum Gasteiger partial charge on any atom is -0.478 e. The lowest BCUT2D eigenvalue weighted by Gasteiger charge is -1.98. The average Bonchev–Trinajstić information content (AvgIpc) is 2.20. The number of hydrogen-bond acceptors (Lipinski definition) is 2. The van der Waals surface area contributed by atoms with E-state index in [1.54, 1.807) is 36.5 Å². The number of carboxylic acids is 1. The highest BCUT2D eigenvalue weighted by atomic mass is 16.4. The number of benzene rings is 1. The van der Waals surface area contributed by atoms with Crippen molar-refractivity contribution in [3.63, 3.8) is 0 Å². The van der Waals surface area contributed by atoms with Gasteiger partial charge in [0.25, 0.3) is 0 Å². The van der Waals surface area contributed by atoms with Crippen LogP contribution in [0.25, 0.3) is 0 Å². The van der Waals surface area contributed by atoms with Crippen molar-refractivity contribution in [1.29, 1.82) is 0 Å². The van der Waals surface area contributed by atoms with Gasteiger partial charge in [-0.3, -0.25) is 0 Å². The topological polar surface area (TPSA) is 40.5 Å².